The maximum absolute atomic E-state index is 9.81. The lowest BCUT2D eigenvalue weighted by molar-refractivity contribution is -0.696. The van der Waals surface area contributed by atoms with Crippen molar-refractivity contribution in [3.8, 4) is 11.5 Å². The largest absolute Gasteiger partial charge is 0.497 e. The van der Waals surface area contributed by atoms with Crippen molar-refractivity contribution >= 4 is 0 Å². The van der Waals surface area contributed by atoms with Gasteiger partial charge in [-0.1, -0.05) is 13.0 Å². The van der Waals surface area contributed by atoms with Crippen molar-refractivity contribution in [3.05, 3.63) is 24.3 Å². The molecule has 0 bridgehead atoms. The molecular formula is C14H24NO4+. The zero-order valence-electron chi connectivity index (χ0n) is 11.6. The second-order valence-electron chi connectivity index (χ2n) is 4.47. The number of aliphatic hydroxyl groups is 2. The third kappa shape index (κ3) is 5.92. The van der Waals surface area contributed by atoms with Crippen LogP contribution in [0.25, 0.3) is 0 Å². The van der Waals surface area contributed by atoms with E-state index in [1.54, 1.807) is 13.2 Å². The number of methoxy groups -OCH3 is 1. The van der Waals surface area contributed by atoms with Crippen LogP contribution in [-0.4, -0.2) is 49.2 Å². The van der Waals surface area contributed by atoms with E-state index in [1.807, 2.05) is 30.4 Å². The van der Waals surface area contributed by atoms with Gasteiger partial charge in [-0.2, -0.15) is 0 Å². The van der Waals surface area contributed by atoms with Gasteiger partial charge in [-0.05, 0) is 18.6 Å². The Labute approximate surface area is 114 Å². The van der Waals surface area contributed by atoms with E-state index < -0.39 is 6.10 Å². The molecule has 0 saturated carbocycles. The molecule has 108 valence electrons. The molecule has 0 aliphatic heterocycles. The minimum Gasteiger partial charge on any atom is -0.497 e. The van der Waals surface area contributed by atoms with Crippen molar-refractivity contribution in [2.24, 2.45) is 0 Å². The molecule has 0 aliphatic carbocycles. The predicted molar refractivity (Wildman–Crippen MR) is 72.5 cm³/mol. The third-order valence-corrected chi connectivity index (χ3v) is 2.98. The van der Waals surface area contributed by atoms with Gasteiger partial charge in [0.1, 0.15) is 36.8 Å². The molecule has 5 heteroatoms. The molecule has 0 unspecified atom stereocenters. The van der Waals surface area contributed by atoms with E-state index in [2.05, 4.69) is 0 Å². The zero-order chi connectivity index (χ0) is 14.1. The van der Waals surface area contributed by atoms with Crippen LogP contribution in [0.15, 0.2) is 24.3 Å². The Morgan fingerprint density at radius 1 is 1.32 bits per heavy atom. The van der Waals surface area contributed by atoms with Gasteiger partial charge in [-0.25, -0.2) is 0 Å². The molecule has 0 heterocycles. The van der Waals surface area contributed by atoms with Crippen LogP contribution in [0.5, 0.6) is 11.5 Å². The van der Waals surface area contributed by atoms with Crippen LogP contribution in [0, 0.1) is 0 Å². The lowest BCUT2D eigenvalue weighted by Crippen LogP contribution is -2.92. The SMILES string of the molecule is CC[C@H](CO)[NH2+]C[C@@H](O)COc1cccc(OC)c1. The van der Waals surface area contributed by atoms with Gasteiger partial charge in [0.15, 0.2) is 0 Å². The minimum atomic E-state index is -0.563. The zero-order valence-corrected chi connectivity index (χ0v) is 11.6. The van der Waals surface area contributed by atoms with Gasteiger partial charge >= 0.3 is 0 Å². The van der Waals surface area contributed by atoms with Crippen LogP contribution >= 0.6 is 0 Å². The molecule has 0 spiro atoms. The molecule has 1 aromatic rings. The number of hydrogen-bond acceptors (Lipinski definition) is 4. The topological polar surface area (TPSA) is 75.5 Å². The molecule has 19 heavy (non-hydrogen) atoms. The van der Waals surface area contributed by atoms with Gasteiger partial charge in [0.25, 0.3) is 0 Å². The fraction of sp³-hybridized carbons (Fsp3) is 0.571. The highest BCUT2D eigenvalue weighted by atomic mass is 16.5. The predicted octanol–water partition coefficient (Wildman–Crippen LogP) is -0.231. The second kappa shape index (κ2) is 8.74. The van der Waals surface area contributed by atoms with E-state index in [-0.39, 0.29) is 19.3 Å². The Kier molecular flexibility index (Phi) is 7.25. The summed E-state index contributed by atoms with van der Waals surface area (Å²) in [5.41, 5.74) is 0. The maximum atomic E-state index is 9.81. The number of aliphatic hydroxyl groups excluding tert-OH is 2. The fourth-order valence-corrected chi connectivity index (χ4v) is 1.67. The number of ether oxygens (including phenoxy) is 2. The molecule has 0 aliphatic rings. The van der Waals surface area contributed by atoms with E-state index in [0.717, 1.165) is 12.2 Å². The van der Waals surface area contributed by atoms with Gasteiger partial charge in [0, 0.05) is 6.07 Å². The van der Waals surface area contributed by atoms with E-state index in [1.165, 1.54) is 0 Å². The van der Waals surface area contributed by atoms with E-state index >= 15 is 0 Å². The molecule has 0 amide bonds. The van der Waals surface area contributed by atoms with Crippen LogP contribution in [0.4, 0.5) is 0 Å². The normalized spacial score (nSPS) is 13.9. The first-order chi connectivity index (χ1) is 9.19. The summed E-state index contributed by atoms with van der Waals surface area (Å²) in [5.74, 6) is 1.40. The quantitative estimate of drug-likeness (QED) is 0.579. The van der Waals surface area contributed by atoms with Crippen molar-refractivity contribution < 1.29 is 25.0 Å². The maximum Gasteiger partial charge on any atom is 0.137 e. The van der Waals surface area contributed by atoms with Crippen molar-refractivity contribution in [1.82, 2.24) is 0 Å². The molecular weight excluding hydrogens is 246 g/mol. The highest BCUT2D eigenvalue weighted by molar-refractivity contribution is 5.32. The van der Waals surface area contributed by atoms with Gasteiger partial charge in [-0.15, -0.1) is 0 Å². The fourth-order valence-electron chi connectivity index (χ4n) is 1.67. The van der Waals surface area contributed by atoms with Crippen LogP contribution in [0.3, 0.4) is 0 Å². The van der Waals surface area contributed by atoms with Crippen LogP contribution in [0.1, 0.15) is 13.3 Å². The molecule has 0 saturated heterocycles. The first kappa shape index (κ1) is 15.8. The van der Waals surface area contributed by atoms with E-state index in [9.17, 15) is 5.11 Å². The third-order valence-electron chi connectivity index (χ3n) is 2.98. The average molecular weight is 270 g/mol. The van der Waals surface area contributed by atoms with Gasteiger partial charge in [-0.3, -0.25) is 0 Å². The van der Waals surface area contributed by atoms with Crippen LogP contribution < -0.4 is 14.8 Å². The van der Waals surface area contributed by atoms with E-state index in [4.69, 9.17) is 14.6 Å². The molecule has 4 N–H and O–H groups in total. The molecule has 0 fully saturated rings. The number of rotatable bonds is 9. The standard InChI is InChI=1S/C14H23NO4/c1-3-11(9-16)15-8-12(17)10-19-14-6-4-5-13(7-14)18-2/h4-7,11-12,15-17H,3,8-10H2,1-2H3/p+1/t11-,12-/m1/s1. The summed E-state index contributed by atoms with van der Waals surface area (Å²) in [4.78, 5) is 0. The van der Waals surface area contributed by atoms with Gasteiger partial charge in [0.05, 0.1) is 13.7 Å². The first-order valence-corrected chi connectivity index (χ1v) is 6.58. The monoisotopic (exact) mass is 270 g/mol. The van der Waals surface area contributed by atoms with Crippen molar-refractivity contribution in [2.45, 2.75) is 25.5 Å². The number of hydrogen-bond donors (Lipinski definition) is 3. The second-order valence-corrected chi connectivity index (χ2v) is 4.47. The molecule has 1 aromatic carbocycles. The summed E-state index contributed by atoms with van der Waals surface area (Å²) in [6, 6.07) is 7.42. The van der Waals surface area contributed by atoms with Crippen LogP contribution in [0.2, 0.25) is 0 Å². The van der Waals surface area contributed by atoms with Crippen LogP contribution in [-0.2, 0) is 0 Å². The average Bonchev–Trinajstić information content (AvgIpc) is 2.46. The molecule has 1 rings (SSSR count). The molecule has 5 nitrogen and oxygen atoms in total. The minimum absolute atomic E-state index is 0.125. The summed E-state index contributed by atoms with van der Waals surface area (Å²) < 4.78 is 10.6. The molecule has 0 radical (unpaired) electrons. The Hall–Kier alpha value is -1.30. The number of benzene rings is 1. The van der Waals surface area contributed by atoms with Crippen molar-refractivity contribution in [2.75, 3.05) is 26.9 Å². The van der Waals surface area contributed by atoms with Gasteiger partial charge in [0.2, 0.25) is 0 Å². The Balaban J connectivity index is 2.31. The highest BCUT2D eigenvalue weighted by Gasteiger charge is 2.12. The summed E-state index contributed by atoms with van der Waals surface area (Å²) in [6.45, 7) is 2.88. The smallest absolute Gasteiger partial charge is 0.137 e. The summed E-state index contributed by atoms with van der Waals surface area (Å²) in [5, 5.41) is 20.8. The van der Waals surface area contributed by atoms with Gasteiger partial charge < -0.3 is 25.0 Å². The Morgan fingerprint density at radius 3 is 2.68 bits per heavy atom. The Morgan fingerprint density at radius 2 is 2.05 bits per heavy atom. The van der Waals surface area contributed by atoms with Crippen molar-refractivity contribution in [3.63, 3.8) is 0 Å². The number of quaternary nitrogens is 1. The summed E-state index contributed by atoms with van der Waals surface area (Å²) in [7, 11) is 1.60. The number of nitrogens with two attached hydrogens (primary N) is 1. The summed E-state index contributed by atoms with van der Waals surface area (Å²) in [6.07, 6.45) is 0.312. The van der Waals surface area contributed by atoms with E-state index in [0.29, 0.717) is 12.3 Å². The highest BCUT2D eigenvalue weighted by Crippen LogP contribution is 2.18. The summed E-state index contributed by atoms with van der Waals surface area (Å²) >= 11 is 0. The Bertz CT molecular complexity index is 355. The van der Waals surface area contributed by atoms with Crippen molar-refractivity contribution in [1.29, 1.82) is 0 Å². The lowest BCUT2D eigenvalue weighted by Gasteiger charge is -2.15. The molecule has 2 atom stereocenters. The lowest BCUT2D eigenvalue weighted by atomic mass is 10.2. The first-order valence-electron chi connectivity index (χ1n) is 6.58. The molecule has 0 aromatic heterocycles.